The third-order valence-electron chi connectivity index (χ3n) is 5.95. The standard InChI is InChI=1S/C24H27N3O6S/c1-4-24(14-13-22(29)27-23(24)30)17-7-9-18(10-8-17)26-21(28)12-6-16-5-11-19(33-3)20(15-16)34(31,32)25-2/h5-12,15,25H,4,13-14H2,1-3H3,(H,26,28)(H,27,29,30)/b12-6+. The summed E-state index contributed by atoms with van der Waals surface area (Å²) in [4.78, 5) is 36.4. The highest BCUT2D eigenvalue weighted by Crippen LogP contribution is 2.36. The van der Waals surface area contributed by atoms with Gasteiger partial charge in [-0.3, -0.25) is 19.7 Å². The Morgan fingerprint density at radius 3 is 2.47 bits per heavy atom. The SMILES string of the molecule is CCC1(c2ccc(NC(=O)/C=C/c3ccc(OC)c(S(=O)(=O)NC)c3)cc2)CCC(=O)NC1=O. The normalized spacial score (nSPS) is 18.6. The van der Waals surface area contributed by atoms with Gasteiger partial charge in [0.05, 0.1) is 12.5 Å². The predicted molar refractivity (Wildman–Crippen MR) is 128 cm³/mol. The average molecular weight is 486 g/mol. The van der Waals surface area contributed by atoms with E-state index in [-0.39, 0.29) is 28.9 Å². The highest BCUT2D eigenvalue weighted by Gasteiger charge is 2.42. The number of carbonyl (C=O) groups excluding carboxylic acids is 3. The molecule has 2 aromatic rings. The number of ether oxygens (including phenoxy) is 1. The van der Waals surface area contributed by atoms with E-state index < -0.39 is 21.3 Å². The Morgan fingerprint density at radius 1 is 1.18 bits per heavy atom. The fraction of sp³-hybridized carbons (Fsp3) is 0.292. The van der Waals surface area contributed by atoms with Crippen molar-refractivity contribution in [3.8, 4) is 5.75 Å². The van der Waals surface area contributed by atoms with Gasteiger partial charge in [-0.1, -0.05) is 25.1 Å². The summed E-state index contributed by atoms with van der Waals surface area (Å²) in [6, 6.07) is 11.5. The van der Waals surface area contributed by atoms with Crippen molar-refractivity contribution < 1.29 is 27.5 Å². The molecule has 0 spiro atoms. The van der Waals surface area contributed by atoms with Crippen molar-refractivity contribution in [1.82, 2.24) is 10.0 Å². The van der Waals surface area contributed by atoms with Crippen LogP contribution < -0.4 is 20.1 Å². The number of carbonyl (C=O) groups is 3. The summed E-state index contributed by atoms with van der Waals surface area (Å²) in [5.74, 6) is -0.785. The minimum absolute atomic E-state index is 0.0334. The number of benzene rings is 2. The number of nitrogens with one attached hydrogen (secondary N) is 3. The largest absolute Gasteiger partial charge is 0.495 e. The number of hydrogen-bond donors (Lipinski definition) is 3. The molecule has 10 heteroatoms. The van der Waals surface area contributed by atoms with E-state index in [0.29, 0.717) is 24.1 Å². The van der Waals surface area contributed by atoms with Gasteiger partial charge in [-0.2, -0.15) is 0 Å². The lowest BCUT2D eigenvalue weighted by Crippen LogP contribution is -2.51. The Balaban J connectivity index is 1.73. The van der Waals surface area contributed by atoms with Gasteiger partial charge in [-0.25, -0.2) is 13.1 Å². The summed E-state index contributed by atoms with van der Waals surface area (Å²) < 4.78 is 31.8. The van der Waals surface area contributed by atoms with Crippen LogP contribution in [-0.2, 0) is 29.8 Å². The summed E-state index contributed by atoms with van der Waals surface area (Å²) in [5, 5.41) is 5.15. The van der Waals surface area contributed by atoms with Crippen LogP contribution >= 0.6 is 0 Å². The van der Waals surface area contributed by atoms with E-state index in [9.17, 15) is 22.8 Å². The van der Waals surface area contributed by atoms with E-state index >= 15 is 0 Å². The molecular formula is C24H27N3O6S. The molecule has 1 saturated heterocycles. The van der Waals surface area contributed by atoms with Gasteiger partial charge in [0.25, 0.3) is 0 Å². The van der Waals surface area contributed by atoms with E-state index in [1.165, 1.54) is 38.4 Å². The molecule has 3 rings (SSSR count). The predicted octanol–water partition coefficient (Wildman–Crippen LogP) is 2.34. The lowest BCUT2D eigenvalue weighted by Gasteiger charge is -2.35. The van der Waals surface area contributed by atoms with Gasteiger partial charge in [0.1, 0.15) is 10.6 Å². The lowest BCUT2D eigenvalue weighted by molar-refractivity contribution is -0.138. The van der Waals surface area contributed by atoms with Crippen LogP contribution in [0, 0.1) is 0 Å². The zero-order chi connectivity index (χ0) is 24.9. The first-order valence-corrected chi connectivity index (χ1v) is 12.2. The van der Waals surface area contributed by atoms with Crippen LogP contribution in [0.5, 0.6) is 5.75 Å². The Hall–Kier alpha value is -3.50. The first-order chi connectivity index (χ1) is 16.1. The van der Waals surface area contributed by atoms with Gasteiger partial charge in [0.2, 0.25) is 27.7 Å². The van der Waals surface area contributed by atoms with Crippen molar-refractivity contribution in [2.24, 2.45) is 0 Å². The Morgan fingerprint density at radius 2 is 1.88 bits per heavy atom. The van der Waals surface area contributed by atoms with Crippen molar-refractivity contribution in [2.75, 3.05) is 19.5 Å². The number of amides is 3. The van der Waals surface area contributed by atoms with Gasteiger partial charge in [-0.05, 0) is 61.4 Å². The molecule has 0 aromatic heterocycles. The number of sulfonamides is 1. The number of piperidine rings is 1. The molecule has 0 radical (unpaired) electrons. The van der Waals surface area contributed by atoms with E-state index in [4.69, 9.17) is 4.74 Å². The monoisotopic (exact) mass is 485 g/mol. The summed E-state index contributed by atoms with van der Waals surface area (Å²) >= 11 is 0. The highest BCUT2D eigenvalue weighted by molar-refractivity contribution is 7.89. The average Bonchev–Trinajstić information content (AvgIpc) is 2.83. The van der Waals surface area contributed by atoms with Crippen LogP contribution in [-0.4, -0.2) is 40.3 Å². The second-order valence-electron chi connectivity index (χ2n) is 7.83. The molecule has 1 aliphatic heterocycles. The second kappa shape index (κ2) is 10.2. The maximum absolute atomic E-state index is 12.5. The molecule has 0 saturated carbocycles. The number of hydrogen-bond acceptors (Lipinski definition) is 6. The van der Waals surface area contributed by atoms with Crippen molar-refractivity contribution in [3.63, 3.8) is 0 Å². The molecule has 0 bridgehead atoms. The number of methoxy groups -OCH3 is 1. The second-order valence-corrected chi connectivity index (χ2v) is 9.69. The Labute approximate surface area is 198 Å². The van der Waals surface area contributed by atoms with Gasteiger partial charge in [0, 0.05) is 18.2 Å². The lowest BCUT2D eigenvalue weighted by atomic mass is 9.72. The van der Waals surface area contributed by atoms with Crippen LogP contribution in [0.2, 0.25) is 0 Å². The molecule has 3 N–H and O–H groups in total. The van der Waals surface area contributed by atoms with E-state index in [0.717, 1.165) is 5.56 Å². The van der Waals surface area contributed by atoms with Gasteiger partial charge in [-0.15, -0.1) is 0 Å². The molecular weight excluding hydrogens is 458 g/mol. The van der Waals surface area contributed by atoms with Crippen LogP contribution in [0.4, 0.5) is 5.69 Å². The molecule has 3 amide bonds. The zero-order valence-corrected chi connectivity index (χ0v) is 20.0. The first-order valence-electron chi connectivity index (χ1n) is 10.7. The van der Waals surface area contributed by atoms with Gasteiger partial charge in [0.15, 0.2) is 0 Å². The molecule has 1 unspecified atom stereocenters. The smallest absolute Gasteiger partial charge is 0.248 e. The van der Waals surface area contributed by atoms with E-state index in [2.05, 4.69) is 15.4 Å². The summed E-state index contributed by atoms with van der Waals surface area (Å²) in [5.41, 5.74) is 1.05. The van der Waals surface area contributed by atoms with Gasteiger partial charge < -0.3 is 10.1 Å². The van der Waals surface area contributed by atoms with Crippen molar-refractivity contribution >= 4 is 39.5 Å². The highest BCUT2D eigenvalue weighted by atomic mass is 32.2. The number of anilines is 1. The molecule has 1 fully saturated rings. The van der Waals surface area contributed by atoms with Crippen LogP contribution in [0.1, 0.15) is 37.3 Å². The maximum atomic E-state index is 12.5. The zero-order valence-electron chi connectivity index (χ0n) is 19.2. The summed E-state index contributed by atoms with van der Waals surface area (Å²) in [7, 11) is -1.05. The summed E-state index contributed by atoms with van der Waals surface area (Å²) in [6.45, 7) is 1.91. The number of rotatable bonds is 8. The quantitative estimate of drug-likeness (QED) is 0.389. The minimum atomic E-state index is -3.73. The fourth-order valence-electron chi connectivity index (χ4n) is 3.91. The van der Waals surface area contributed by atoms with Crippen LogP contribution in [0.25, 0.3) is 6.08 Å². The topological polar surface area (TPSA) is 131 Å². The van der Waals surface area contributed by atoms with E-state index in [1.54, 1.807) is 30.3 Å². The van der Waals surface area contributed by atoms with Gasteiger partial charge >= 0.3 is 0 Å². The van der Waals surface area contributed by atoms with E-state index in [1.807, 2.05) is 6.92 Å². The van der Waals surface area contributed by atoms with Crippen molar-refractivity contribution in [3.05, 3.63) is 59.7 Å². The minimum Gasteiger partial charge on any atom is -0.495 e. The molecule has 34 heavy (non-hydrogen) atoms. The fourth-order valence-corrected chi connectivity index (χ4v) is 4.84. The third-order valence-corrected chi connectivity index (χ3v) is 7.38. The molecule has 2 aromatic carbocycles. The molecule has 1 atom stereocenters. The van der Waals surface area contributed by atoms with Crippen LogP contribution in [0.15, 0.2) is 53.4 Å². The molecule has 1 heterocycles. The molecule has 9 nitrogen and oxygen atoms in total. The Bertz CT molecular complexity index is 1240. The summed E-state index contributed by atoms with van der Waals surface area (Å²) in [6.07, 6.45) is 4.06. The van der Waals surface area contributed by atoms with Crippen LogP contribution in [0.3, 0.4) is 0 Å². The van der Waals surface area contributed by atoms with Crippen molar-refractivity contribution in [1.29, 1.82) is 0 Å². The maximum Gasteiger partial charge on any atom is 0.248 e. The first kappa shape index (κ1) is 25.1. The number of imide groups is 1. The Kier molecular flexibility index (Phi) is 7.53. The van der Waals surface area contributed by atoms with Crippen molar-refractivity contribution in [2.45, 2.75) is 36.5 Å². The molecule has 180 valence electrons. The third kappa shape index (κ3) is 5.18. The molecule has 1 aliphatic rings. The molecule has 0 aliphatic carbocycles.